The van der Waals surface area contributed by atoms with Gasteiger partial charge in [0.1, 0.15) is 18.1 Å². The van der Waals surface area contributed by atoms with Crippen LogP contribution in [0.25, 0.3) is 10.2 Å². The summed E-state index contributed by atoms with van der Waals surface area (Å²) in [4.78, 5) is 81.4. The number of carbonyl (C=O) groups is 6. The van der Waals surface area contributed by atoms with Gasteiger partial charge in [-0.15, -0.1) is 11.3 Å². The van der Waals surface area contributed by atoms with E-state index >= 15 is 0 Å². The van der Waals surface area contributed by atoms with Crippen LogP contribution in [0.4, 0.5) is 0 Å². The summed E-state index contributed by atoms with van der Waals surface area (Å²) in [6.07, 6.45) is 1.45. The Morgan fingerprint density at radius 3 is 2.59 bits per heavy atom. The first kappa shape index (κ1) is 33.9. The number of aromatic nitrogens is 1. The Morgan fingerprint density at radius 2 is 1.89 bits per heavy atom. The van der Waals surface area contributed by atoms with Crippen LogP contribution in [-0.4, -0.2) is 83.5 Å². The standard InChI is InChI=1S/C28H39N9O6S/c1-15-24(41)36-19(9-5-6-12-31-22(39)14-20(26(43)33-15)34-16(2)38)25(42)35-18(10-7-13-32-28(29)30)23(40)27-37-17-8-3-4-11-21(17)44-27/h3-4,8,11,15,18-20H,5-7,9-10,12-14H2,1-2H3,(H,31,39)(H,33,43)(H,34,38)(H,35,42)(H,36,41)(H4,29,30,32)/t15-,18?,19-,20-/m0/s1. The molecule has 1 aromatic heterocycles. The van der Waals surface area contributed by atoms with Gasteiger partial charge in [0.05, 0.1) is 22.7 Å². The minimum atomic E-state index is -1.18. The monoisotopic (exact) mass is 629 g/mol. The van der Waals surface area contributed by atoms with Crippen LogP contribution in [0.2, 0.25) is 0 Å². The molecule has 1 aliphatic heterocycles. The number of hydrogen-bond donors (Lipinski definition) is 8. The molecule has 0 bridgehead atoms. The van der Waals surface area contributed by atoms with Crippen molar-refractivity contribution in [3.05, 3.63) is 29.3 Å². The van der Waals surface area contributed by atoms with Gasteiger partial charge < -0.3 is 37.6 Å². The summed E-state index contributed by atoms with van der Waals surface area (Å²) in [6.45, 7) is 3.19. The van der Waals surface area contributed by atoms with Gasteiger partial charge in [-0.05, 0) is 51.2 Å². The number of nitrogens with one attached hydrogen (secondary N) is 7. The molecule has 9 N–H and O–H groups in total. The number of fused-ring (bicyclic) bond motifs is 1. The minimum Gasteiger partial charge on any atom is -0.370 e. The number of nitrogens with zero attached hydrogens (tertiary/aromatic N) is 1. The van der Waals surface area contributed by atoms with E-state index < -0.39 is 53.7 Å². The molecule has 0 saturated carbocycles. The zero-order valence-corrected chi connectivity index (χ0v) is 25.5. The van der Waals surface area contributed by atoms with E-state index in [0.29, 0.717) is 31.3 Å². The minimum absolute atomic E-state index is 0.205. The van der Waals surface area contributed by atoms with Crippen LogP contribution < -0.4 is 37.6 Å². The fourth-order valence-corrected chi connectivity index (χ4v) is 5.52. The number of para-hydroxylation sites is 1. The number of nitrogens with two attached hydrogens (primary N) is 1. The highest BCUT2D eigenvalue weighted by Crippen LogP contribution is 2.23. The fourth-order valence-electron chi connectivity index (χ4n) is 4.56. The van der Waals surface area contributed by atoms with Crippen molar-refractivity contribution in [1.82, 2.24) is 36.9 Å². The Kier molecular flexibility index (Phi) is 12.6. The topological polar surface area (TPSA) is 237 Å². The molecule has 2 aromatic rings. The lowest BCUT2D eigenvalue weighted by Crippen LogP contribution is -2.57. The molecule has 1 saturated heterocycles. The Hall–Kier alpha value is -4.60. The maximum Gasteiger partial charge on any atom is 0.243 e. The Balaban J connectivity index is 1.78. The molecule has 2 heterocycles. The van der Waals surface area contributed by atoms with E-state index in [1.807, 2.05) is 18.2 Å². The van der Waals surface area contributed by atoms with Crippen LogP contribution in [0, 0.1) is 5.41 Å². The van der Waals surface area contributed by atoms with Gasteiger partial charge in [-0.1, -0.05) is 12.1 Å². The molecule has 1 aliphatic rings. The highest BCUT2D eigenvalue weighted by molar-refractivity contribution is 7.20. The number of Topliss-reactive ketones (excluding diaryl/α,β-unsaturated/α-hetero) is 1. The number of thiazole rings is 1. The highest BCUT2D eigenvalue weighted by Gasteiger charge is 2.31. The average Bonchev–Trinajstić information content (AvgIpc) is 3.40. The van der Waals surface area contributed by atoms with Crippen molar-refractivity contribution in [2.75, 3.05) is 13.1 Å². The molecule has 1 unspecified atom stereocenters. The number of hydrogen-bond acceptors (Lipinski definition) is 9. The second-order valence-corrected chi connectivity index (χ2v) is 11.5. The van der Waals surface area contributed by atoms with E-state index in [1.54, 1.807) is 6.07 Å². The molecule has 0 radical (unpaired) electrons. The average molecular weight is 630 g/mol. The summed E-state index contributed by atoms with van der Waals surface area (Å²) in [5.74, 6) is -3.54. The normalized spacial score (nSPS) is 20.7. The van der Waals surface area contributed by atoms with Crippen molar-refractivity contribution in [2.45, 2.75) is 76.5 Å². The maximum atomic E-state index is 13.6. The molecule has 15 nitrogen and oxygen atoms in total. The van der Waals surface area contributed by atoms with Gasteiger partial charge in [0.15, 0.2) is 11.0 Å². The lowest BCUT2D eigenvalue weighted by atomic mass is 10.0. The molecule has 44 heavy (non-hydrogen) atoms. The van der Waals surface area contributed by atoms with Crippen molar-refractivity contribution in [3.63, 3.8) is 0 Å². The summed E-state index contributed by atoms with van der Waals surface area (Å²) in [7, 11) is 0. The molecular formula is C28H39N9O6S. The summed E-state index contributed by atoms with van der Waals surface area (Å²) < 4.78 is 0.821. The van der Waals surface area contributed by atoms with Crippen molar-refractivity contribution >= 4 is 62.8 Å². The summed E-state index contributed by atoms with van der Waals surface area (Å²) in [6, 6.07) is 2.98. The van der Waals surface area contributed by atoms with Gasteiger partial charge in [-0.25, -0.2) is 4.98 Å². The van der Waals surface area contributed by atoms with Gasteiger partial charge in [0, 0.05) is 20.0 Å². The molecule has 4 atom stereocenters. The van der Waals surface area contributed by atoms with Gasteiger partial charge in [-0.3, -0.25) is 34.2 Å². The Labute approximate surface area is 258 Å². The van der Waals surface area contributed by atoms with E-state index in [9.17, 15) is 28.8 Å². The van der Waals surface area contributed by atoms with Crippen molar-refractivity contribution in [1.29, 1.82) is 5.41 Å². The number of ketones is 1. The van der Waals surface area contributed by atoms with Gasteiger partial charge in [-0.2, -0.15) is 0 Å². The zero-order valence-electron chi connectivity index (χ0n) is 24.7. The number of rotatable bonds is 9. The molecule has 16 heteroatoms. The maximum absolute atomic E-state index is 13.6. The highest BCUT2D eigenvalue weighted by atomic mass is 32.1. The second kappa shape index (κ2) is 16.3. The third kappa shape index (κ3) is 10.3. The number of carbonyl (C=O) groups excluding carboxylic acids is 6. The predicted octanol–water partition coefficient (Wildman–Crippen LogP) is -0.589. The molecule has 5 amide bonds. The number of benzene rings is 1. The fraction of sp³-hybridized carbons (Fsp3) is 0.500. The smallest absolute Gasteiger partial charge is 0.243 e. The largest absolute Gasteiger partial charge is 0.370 e. The second-order valence-electron chi connectivity index (χ2n) is 10.5. The number of guanidine groups is 1. The van der Waals surface area contributed by atoms with E-state index in [-0.39, 0.29) is 42.6 Å². The first-order chi connectivity index (χ1) is 20.9. The third-order valence-electron chi connectivity index (χ3n) is 6.83. The quantitative estimate of drug-likeness (QED) is 0.0765. The van der Waals surface area contributed by atoms with E-state index in [2.05, 4.69) is 36.9 Å². The SMILES string of the molecule is CC(=O)N[C@H]1CC(=O)NCCCC[C@@H](C(=O)NC(CCCNC(=N)N)C(=O)c2nc3ccccc3s2)NC(=O)[C@H](C)NC1=O. The van der Waals surface area contributed by atoms with E-state index in [4.69, 9.17) is 11.1 Å². The molecule has 1 fully saturated rings. The zero-order chi connectivity index (χ0) is 32.2. The predicted molar refractivity (Wildman–Crippen MR) is 164 cm³/mol. The summed E-state index contributed by atoms with van der Waals surface area (Å²) in [5.41, 5.74) is 6.02. The van der Waals surface area contributed by atoms with Gasteiger partial charge in [0.25, 0.3) is 0 Å². The van der Waals surface area contributed by atoms with Crippen molar-refractivity contribution < 1.29 is 28.8 Å². The Bertz CT molecular complexity index is 1360. The van der Waals surface area contributed by atoms with E-state index in [0.717, 1.165) is 4.70 Å². The first-order valence-electron chi connectivity index (χ1n) is 14.4. The Morgan fingerprint density at radius 1 is 1.14 bits per heavy atom. The van der Waals surface area contributed by atoms with Crippen LogP contribution in [0.5, 0.6) is 0 Å². The summed E-state index contributed by atoms with van der Waals surface area (Å²) >= 11 is 1.21. The van der Waals surface area contributed by atoms with Gasteiger partial charge in [0.2, 0.25) is 35.3 Å². The lowest BCUT2D eigenvalue weighted by Gasteiger charge is -2.25. The van der Waals surface area contributed by atoms with E-state index in [1.165, 1.54) is 25.2 Å². The van der Waals surface area contributed by atoms with Crippen LogP contribution in [0.1, 0.15) is 62.2 Å². The van der Waals surface area contributed by atoms with Gasteiger partial charge >= 0.3 is 0 Å². The van der Waals surface area contributed by atoms with Crippen molar-refractivity contribution in [3.8, 4) is 0 Å². The first-order valence-corrected chi connectivity index (χ1v) is 15.2. The molecule has 238 valence electrons. The molecule has 0 aliphatic carbocycles. The lowest BCUT2D eigenvalue weighted by molar-refractivity contribution is -0.134. The molecule has 1 aromatic carbocycles. The summed E-state index contributed by atoms with van der Waals surface area (Å²) in [5, 5.41) is 23.3. The number of amides is 5. The van der Waals surface area contributed by atoms with Crippen LogP contribution in [-0.2, 0) is 24.0 Å². The van der Waals surface area contributed by atoms with Crippen LogP contribution in [0.15, 0.2) is 24.3 Å². The molecular weight excluding hydrogens is 590 g/mol. The third-order valence-corrected chi connectivity index (χ3v) is 7.88. The van der Waals surface area contributed by atoms with Crippen molar-refractivity contribution in [2.24, 2.45) is 5.73 Å². The van der Waals surface area contributed by atoms with Crippen LogP contribution >= 0.6 is 11.3 Å². The molecule has 0 spiro atoms. The van der Waals surface area contributed by atoms with Crippen LogP contribution in [0.3, 0.4) is 0 Å². The molecule has 3 rings (SSSR count).